The van der Waals surface area contributed by atoms with E-state index in [0.717, 1.165) is 0 Å². The number of allylic oxidation sites excluding steroid dienone is 2. The number of halogens is 6. The Bertz CT molecular complexity index is 267. The molecule has 2 aliphatic carbocycles. The number of rotatable bonds is 0. The molecule has 2 unspecified atom stereocenters. The Morgan fingerprint density at radius 1 is 0.692 bits per heavy atom. The van der Waals surface area contributed by atoms with Crippen LogP contribution in [0.2, 0.25) is 0 Å². The first-order valence-corrected chi connectivity index (χ1v) is 3.50. The zero-order valence-corrected chi connectivity index (χ0v) is 6.13. The third-order valence-corrected chi connectivity index (χ3v) is 2.56. The fraction of sp³-hybridized carbons (Fsp3) is 0.714. The van der Waals surface area contributed by atoms with Gasteiger partial charge in [-0.15, -0.1) is 0 Å². The van der Waals surface area contributed by atoms with Crippen molar-refractivity contribution in [3.8, 4) is 0 Å². The minimum Gasteiger partial charge on any atom is -0.232 e. The van der Waals surface area contributed by atoms with E-state index in [1.54, 1.807) is 0 Å². The summed E-state index contributed by atoms with van der Waals surface area (Å²) < 4.78 is 76.6. The van der Waals surface area contributed by atoms with Crippen molar-refractivity contribution in [1.29, 1.82) is 0 Å². The highest BCUT2D eigenvalue weighted by molar-refractivity contribution is 5.38. The summed E-state index contributed by atoms with van der Waals surface area (Å²) in [7, 11) is 0. The standard InChI is InChI=1S/C7H4F6/c8-4-1-2-5(9,3-4)7(12,13)6(4,10)11/h1-2H,3H2. The molecule has 0 saturated heterocycles. The monoisotopic (exact) mass is 202 g/mol. The highest BCUT2D eigenvalue weighted by atomic mass is 19.3. The van der Waals surface area contributed by atoms with E-state index in [2.05, 4.69) is 0 Å². The van der Waals surface area contributed by atoms with Crippen LogP contribution in [0.15, 0.2) is 12.2 Å². The third-order valence-electron chi connectivity index (χ3n) is 2.56. The van der Waals surface area contributed by atoms with Crippen molar-refractivity contribution in [2.75, 3.05) is 0 Å². The van der Waals surface area contributed by atoms with E-state index >= 15 is 0 Å². The molecule has 0 aliphatic heterocycles. The fourth-order valence-electron chi connectivity index (χ4n) is 1.71. The van der Waals surface area contributed by atoms with Crippen LogP contribution in [0, 0.1) is 0 Å². The maximum absolute atomic E-state index is 13.0. The zero-order valence-electron chi connectivity index (χ0n) is 6.13. The molecule has 2 atom stereocenters. The molecular formula is C7H4F6. The lowest BCUT2D eigenvalue weighted by Gasteiger charge is -2.31. The molecule has 0 amide bonds. The van der Waals surface area contributed by atoms with Gasteiger partial charge in [0.05, 0.1) is 0 Å². The molecule has 1 fully saturated rings. The molecule has 2 aliphatic rings. The van der Waals surface area contributed by atoms with Gasteiger partial charge in [-0.25, -0.2) is 8.78 Å². The van der Waals surface area contributed by atoms with Gasteiger partial charge >= 0.3 is 11.8 Å². The van der Waals surface area contributed by atoms with Gasteiger partial charge in [-0.1, -0.05) is 0 Å². The Labute approximate surface area is 69.2 Å². The van der Waals surface area contributed by atoms with Crippen molar-refractivity contribution in [2.24, 2.45) is 0 Å². The van der Waals surface area contributed by atoms with Gasteiger partial charge in [0.15, 0.2) is 0 Å². The number of hydrogen-bond acceptors (Lipinski definition) is 0. The molecule has 1 saturated carbocycles. The van der Waals surface area contributed by atoms with Crippen LogP contribution in [0.3, 0.4) is 0 Å². The molecule has 0 radical (unpaired) electrons. The lowest BCUT2D eigenvalue weighted by molar-refractivity contribution is -0.254. The molecule has 2 rings (SSSR count). The normalized spacial score (nSPS) is 50.0. The predicted molar refractivity (Wildman–Crippen MR) is 31.3 cm³/mol. The van der Waals surface area contributed by atoms with Crippen LogP contribution >= 0.6 is 0 Å². The molecule has 0 N–H and O–H groups in total. The highest BCUT2D eigenvalue weighted by Gasteiger charge is 2.87. The SMILES string of the molecule is FC12C=CC(F)(C1)C(F)(F)C2(F)F. The second-order valence-electron chi connectivity index (χ2n) is 3.38. The maximum atomic E-state index is 13.0. The average Bonchev–Trinajstić information content (AvgIpc) is 2.33. The summed E-state index contributed by atoms with van der Waals surface area (Å²) in [4.78, 5) is 0. The van der Waals surface area contributed by atoms with Gasteiger partial charge in [0.2, 0.25) is 11.3 Å². The van der Waals surface area contributed by atoms with Crippen molar-refractivity contribution in [2.45, 2.75) is 29.6 Å². The van der Waals surface area contributed by atoms with Crippen molar-refractivity contribution >= 4 is 0 Å². The number of fused-ring (bicyclic) bond motifs is 2. The van der Waals surface area contributed by atoms with Gasteiger partial charge in [-0.3, -0.25) is 0 Å². The van der Waals surface area contributed by atoms with Crippen LogP contribution < -0.4 is 0 Å². The molecular weight excluding hydrogens is 198 g/mol. The lowest BCUT2D eigenvalue weighted by atomic mass is 9.96. The smallest absolute Gasteiger partial charge is 0.232 e. The maximum Gasteiger partial charge on any atom is 0.350 e. The zero-order chi connectivity index (χ0) is 10.1. The summed E-state index contributed by atoms with van der Waals surface area (Å²) in [6.45, 7) is 0. The molecule has 0 aromatic carbocycles. The van der Waals surface area contributed by atoms with Crippen LogP contribution in [0.25, 0.3) is 0 Å². The van der Waals surface area contributed by atoms with Gasteiger partial charge in [0, 0.05) is 6.42 Å². The van der Waals surface area contributed by atoms with Crippen LogP contribution in [-0.2, 0) is 0 Å². The number of hydrogen-bond donors (Lipinski definition) is 0. The number of alkyl halides is 6. The van der Waals surface area contributed by atoms with E-state index in [4.69, 9.17) is 0 Å². The summed E-state index contributed by atoms with van der Waals surface area (Å²) in [6.07, 6.45) is -1.13. The summed E-state index contributed by atoms with van der Waals surface area (Å²) in [6, 6.07) is 0. The molecule has 0 spiro atoms. The second-order valence-corrected chi connectivity index (χ2v) is 3.38. The van der Waals surface area contributed by atoms with E-state index in [1.165, 1.54) is 0 Å². The van der Waals surface area contributed by atoms with E-state index in [9.17, 15) is 26.3 Å². The van der Waals surface area contributed by atoms with Crippen LogP contribution in [0.1, 0.15) is 6.42 Å². The van der Waals surface area contributed by atoms with Crippen LogP contribution in [-0.4, -0.2) is 23.2 Å². The molecule has 0 heterocycles. The van der Waals surface area contributed by atoms with E-state index in [-0.39, 0.29) is 12.2 Å². The van der Waals surface area contributed by atoms with Gasteiger partial charge in [-0.05, 0) is 12.2 Å². The van der Waals surface area contributed by atoms with Gasteiger partial charge < -0.3 is 0 Å². The van der Waals surface area contributed by atoms with Crippen LogP contribution in [0.4, 0.5) is 26.3 Å². The summed E-state index contributed by atoms with van der Waals surface area (Å²) in [5.74, 6) is -9.91. The quantitative estimate of drug-likeness (QED) is 0.418. The van der Waals surface area contributed by atoms with E-state index < -0.39 is 29.6 Å². The topological polar surface area (TPSA) is 0 Å². The minimum absolute atomic E-state index is 0.185. The van der Waals surface area contributed by atoms with Gasteiger partial charge in [0.1, 0.15) is 0 Å². The third kappa shape index (κ3) is 0.636. The summed E-state index contributed by atoms with van der Waals surface area (Å²) in [5, 5.41) is 0. The predicted octanol–water partition coefficient (Wildman–Crippen LogP) is 2.65. The Morgan fingerprint density at radius 2 is 1.00 bits per heavy atom. The largest absolute Gasteiger partial charge is 0.350 e. The molecule has 6 heteroatoms. The Kier molecular flexibility index (Phi) is 1.19. The van der Waals surface area contributed by atoms with E-state index in [0.29, 0.717) is 0 Å². The first-order chi connectivity index (χ1) is 5.66. The summed E-state index contributed by atoms with van der Waals surface area (Å²) >= 11 is 0. The second kappa shape index (κ2) is 1.74. The molecule has 0 nitrogen and oxygen atoms in total. The van der Waals surface area contributed by atoms with Gasteiger partial charge in [-0.2, -0.15) is 17.6 Å². The van der Waals surface area contributed by atoms with E-state index in [1.807, 2.05) is 0 Å². The Morgan fingerprint density at radius 3 is 1.15 bits per heavy atom. The lowest BCUT2D eigenvalue weighted by Crippen LogP contribution is -2.54. The van der Waals surface area contributed by atoms with Crippen molar-refractivity contribution in [3.63, 3.8) is 0 Å². The molecule has 0 aromatic rings. The van der Waals surface area contributed by atoms with Crippen LogP contribution in [0.5, 0.6) is 0 Å². The first-order valence-electron chi connectivity index (χ1n) is 3.50. The van der Waals surface area contributed by atoms with Crippen molar-refractivity contribution in [3.05, 3.63) is 12.2 Å². The van der Waals surface area contributed by atoms with Crippen molar-refractivity contribution < 1.29 is 26.3 Å². The average molecular weight is 202 g/mol. The molecule has 0 aromatic heterocycles. The fourth-order valence-corrected chi connectivity index (χ4v) is 1.71. The molecule has 2 bridgehead atoms. The van der Waals surface area contributed by atoms with Gasteiger partial charge in [0.25, 0.3) is 0 Å². The highest BCUT2D eigenvalue weighted by Crippen LogP contribution is 2.66. The summed E-state index contributed by atoms with van der Waals surface area (Å²) in [5.41, 5.74) is -7.07. The van der Waals surface area contributed by atoms with Crippen molar-refractivity contribution in [1.82, 2.24) is 0 Å². The first kappa shape index (κ1) is 8.90. The minimum atomic E-state index is -4.95. The Hall–Kier alpha value is -0.680. The Balaban J connectivity index is 2.62. The molecule has 74 valence electrons. The molecule has 13 heavy (non-hydrogen) atoms.